The van der Waals surface area contributed by atoms with Crippen molar-refractivity contribution in [3.05, 3.63) is 35.9 Å². The van der Waals surface area contributed by atoms with Gasteiger partial charge in [0.15, 0.2) is 0 Å². The van der Waals surface area contributed by atoms with Gasteiger partial charge < -0.3 is 5.73 Å². The molecular weight excluding hydrogens is 246 g/mol. The molecule has 2 nitrogen and oxygen atoms in total. The van der Waals surface area contributed by atoms with Crippen molar-refractivity contribution in [1.29, 1.82) is 0 Å². The number of hydrogen-bond donors (Lipinski definition) is 1. The third kappa shape index (κ3) is 2.17. The summed E-state index contributed by atoms with van der Waals surface area (Å²) < 4.78 is 28.5. The van der Waals surface area contributed by atoms with Crippen molar-refractivity contribution in [3.8, 4) is 0 Å². The van der Waals surface area contributed by atoms with Crippen LogP contribution in [0.1, 0.15) is 24.8 Å². The lowest BCUT2D eigenvalue weighted by atomic mass is 9.69. The summed E-state index contributed by atoms with van der Waals surface area (Å²) in [6.45, 7) is 1.47. The lowest BCUT2D eigenvalue weighted by Crippen LogP contribution is -2.71. The van der Waals surface area contributed by atoms with Gasteiger partial charge in [-0.2, -0.15) is 0 Å². The van der Waals surface area contributed by atoms with Crippen molar-refractivity contribution in [2.75, 3.05) is 13.1 Å². The molecule has 2 aliphatic rings. The zero-order valence-electron chi connectivity index (χ0n) is 11.0. The molecule has 1 saturated heterocycles. The first kappa shape index (κ1) is 13.0. The first-order valence-corrected chi connectivity index (χ1v) is 6.94. The number of hydrogen-bond acceptors (Lipinski definition) is 2. The molecule has 0 aromatic heterocycles. The van der Waals surface area contributed by atoms with Gasteiger partial charge >= 0.3 is 0 Å². The number of nitrogens with zero attached hydrogens (tertiary/aromatic N) is 1. The number of halogens is 2. The second kappa shape index (κ2) is 4.53. The molecule has 2 bridgehead atoms. The van der Waals surface area contributed by atoms with E-state index < -0.39 is 17.4 Å². The average molecular weight is 266 g/mol. The van der Waals surface area contributed by atoms with Crippen LogP contribution in [0.25, 0.3) is 0 Å². The van der Waals surface area contributed by atoms with Gasteiger partial charge in [0.25, 0.3) is 5.92 Å². The van der Waals surface area contributed by atoms with Crippen molar-refractivity contribution in [2.45, 2.75) is 37.3 Å². The molecule has 2 fully saturated rings. The van der Waals surface area contributed by atoms with Crippen LogP contribution in [-0.2, 0) is 6.54 Å². The summed E-state index contributed by atoms with van der Waals surface area (Å²) in [5.74, 6) is -3.29. The summed E-state index contributed by atoms with van der Waals surface area (Å²) in [5, 5.41) is 0. The second-order valence-electron chi connectivity index (χ2n) is 6.02. The van der Waals surface area contributed by atoms with Gasteiger partial charge in [0, 0.05) is 25.6 Å². The molecule has 0 amide bonds. The van der Waals surface area contributed by atoms with Gasteiger partial charge in [-0.3, -0.25) is 4.90 Å². The van der Waals surface area contributed by atoms with Crippen LogP contribution >= 0.6 is 0 Å². The molecule has 1 aliphatic heterocycles. The van der Waals surface area contributed by atoms with E-state index in [0.717, 1.165) is 12.0 Å². The maximum Gasteiger partial charge on any atom is 0.270 e. The monoisotopic (exact) mass is 266 g/mol. The molecule has 2 unspecified atom stereocenters. The molecule has 0 radical (unpaired) electrons. The Hall–Kier alpha value is -1.00. The summed E-state index contributed by atoms with van der Waals surface area (Å²) in [7, 11) is 0. The van der Waals surface area contributed by atoms with Crippen molar-refractivity contribution in [2.24, 2.45) is 11.7 Å². The highest BCUT2D eigenvalue weighted by Crippen LogP contribution is 2.48. The molecule has 1 heterocycles. The average Bonchev–Trinajstić information content (AvgIpc) is 2.34. The van der Waals surface area contributed by atoms with Gasteiger partial charge in [-0.1, -0.05) is 36.8 Å². The van der Waals surface area contributed by atoms with Gasteiger partial charge in [0.05, 0.1) is 5.54 Å². The number of rotatable bonds is 2. The molecular formula is C15H20F2N2. The zero-order chi connectivity index (χ0) is 13.5. The maximum absolute atomic E-state index is 14.3. The van der Waals surface area contributed by atoms with E-state index >= 15 is 0 Å². The highest BCUT2D eigenvalue weighted by Gasteiger charge is 2.61. The molecule has 2 atom stereocenters. The Labute approximate surface area is 112 Å². The van der Waals surface area contributed by atoms with Gasteiger partial charge in [-0.25, -0.2) is 8.78 Å². The van der Waals surface area contributed by atoms with E-state index in [2.05, 4.69) is 4.90 Å². The van der Waals surface area contributed by atoms with Gasteiger partial charge in [-0.15, -0.1) is 0 Å². The Morgan fingerprint density at radius 3 is 2.68 bits per heavy atom. The molecule has 4 heteroatoms. The van der Waals surface area contributed by atoms with Crippen molar-refractivity contribution >= 4 is 0 Å². The third-order valence-electron chi connectivity index (χ3n) is 4.59. The van der Waals surface area contributed by atoms with E-state index in [-0.39, 0.29) is 0 Å². The highest BCUT2D eigenvalue weighted by atomic mass is 19.3. The lowest BCUT2D eigenvalue weighted by molar-refractivity contribution is -0.185. The fraction of sp³-hybridized carbons (Fsp3) is 0.600. The first-order chi connectivity index (χ1) is 9.01. The van der Waals surface area contributed by atoms with Crippen molar-refractivity contribution in [1.82, 2.24) is 4.90 Å². The van der Waals surface area contributed by atoms with Gasteiger partial charge in [0.1, 0.15) is 0 Å². The molecule has 0 spiro atoms. The fourth-order valence-corrected chi connectivity index (χ4v) is 3.55. The van der Waals surface area contributed by atoms with E-state index in [1.54, 1.807) is 0 Å². The smallest absolute Gasteiger partial charge is 0.270 e. The lowest BCUT2D eigenvalue weighted by Gasteiger charge is -2.53. The second-order valence-corrected chi connectivity index (χ2v) is 6.02. The molecule has 104 valence electrons. The van der Waals surface area contributed by atoms with Crippen LogP contribution < -0.4 is 5.73 Å². The Kier molecular flexibility index (Phi) is 3.10. The highest BCUT2D eigenvalue weighted by molar-refractivity contribution is 5.16. The Balaban J connectivity index is 1.77. The number of likely N-dealkylation sites (tertiary alicyclic amines) is 1. The summed E-state index contributed by atoms with van der Waals surface area (Å²) >= 11 is 0. The maximum atomic E-state index is 14.3. The van der Waals surface area contributed by atoms with Crippen molar-refractivity contribution < 1.29 is 8.78 Å². The molecule has 1 aromatic rings. The van der Waals surface area contributed by atoms with Crippen LogP contribution in [0.3, 0.4) is 0 Å². The minimum absolute atomic E-state index is 0.297. The quantitative estimate of drug-likeness (QED) is 0.891. The van der Waals surface area contributed by atoms with E-state index in [1.807, 2.05) is 30.3 Å². The summed E-state index contributed by atoms with van der Waals surface area (Å²) in [5.41, 5.74) is 5.86. The normalized spacial score (nSPS) is 34.2. The van der Waals surface area contributed by atoms with Crippen LogP contribution in [0.5, 0.6) is 0 Å². The first-order valence-electron chi connectivity index (χ1n) is 6.94. The van der Waals surface area contributed by atoms with Gasteiger partial charge in [-0.05, 0) is 18.4 Å². The zero-order valence-corrected chi connectivity index (χ0v) is 11.0. The fourth-order valence-electron chi connectivity index (χ4n) is 3.55. The summed E-state index contributed by atoms with van der Waals surface area (Å²) in [6, 6.07) is 9.99. The number of nitrogens with two attached hydrogens (primary N) is 1. The van der Waals surface area contributed by atoms with Gasteiger partial charge in [0.2, 0.25) is 0 Å². The SMILES string of the molecule is NC12CCCC(CN(Cc3ccccc3)C1)C2(F)F. The molecule has 19 heavy (non-hydrogen) atoms. The van der Waals surface area contributed by atoms with E-state index in [4.69, 9.17) is 5.73 Å². The van der Waals surface area contributed by atoms with E-state index in [1.165, 1.54) is 0 Å². The molecule has 1 aliphatic carbocycles. The number of benzene rings is 1. The minimum Gasteiger partial charge on any atom is -0.319 e. The molecule has 3 rings (SSSR count). The predicted octanol–water partition coefficient (Wildman–Crippen LogP) is 2.64. The van der Waals surface area contributed by atoms with Crippen molar-refractivity contribution in [3.63, 3.8) is 0 Å². The largest absolute Gasteiger partial charge is 0.319 e. The number of fused-ring (bicyclic) bond motifs is 2. The van der Waals surface area contributed by atoms with Crippen LogP contribution in [0.2, 0.25) is 0 Å². The number of piperidine rings is 1. The Bertz CT molecular complexity index is 449. The topological polar surface area (TPSA) is 29.3 Å². The number of alkyl halides is 2. The summed E-state index contributed by atoms with van der Waals surface area (Å²) in [4.78, 5) is 2.09. The molecule has 1 aromatic carbocycles. The minimum atomic E-state index is -2.71. The van der Waals surface area contributed by atoms with Crippen LogP contribution in [0.15, 0.2) is 30.3 Å². The predicted molar refractivity (Wildman–Crippen MR) is 70.9 cm³/mol. The third-order valence-corrected chi connectivity index (χ3v) is 4.59. The molecule has 1 saturated carbocycles. The van der Waals surface area contributed by atoms with E-state index in [0.29, 0.717) is 32.5 Å². The standard InChI is InChI=1S/C15H20F2N2/c16-15(17)13-7-4-8-14(15,18)11-19(10-13)9-12-5-2-1-3-6-12/h1-3,5-6,13H,4,7-11,18H2. The van der Waals surface area contributed by atoms with E-state index in [9.17, 15) is 8.78 Å². The van der Waals surface area contributed by atoms with Crippen LogP contribution in [0.4, 0.5) is 8.78 Å². The summed E-state index contributed by atoms with van der Waals surface area (Å²) in [6.07, 6.45) is 1.86. The van der Waals surface area contributed by atoms with Crippen LogP contribution in [-0.4, -0.2) is 29.5 Å². The Morgan fingerprint density at radius 1 is 1.26 bits per heavy atom. The molecule has 2 N–H and O–H groups in total. The Morgan fingerprint density at radius 2 is 2.00 bits per heavy atom. The van der Waals surface area contributed by atoms with Crippen LogP contribution in [0, 0.1) is 5.92 Å².